The molecule has 0 spiro atoms. The third-order valence-corrected chi connectivity index (χ3v) is 7.68. The third kappa shape index (κ3) is 4.80. The van der Waals surface area contributed by atoms with Crippen LogP contribution in [0.15, 0.2) is 24.3 Å². The summed E-state index contributed by atoms with van der Waals surface area (Å²) in [5.74, 6) is 0. The molecule has 0 saturated heterocycles. The van der Waals surface area contributed by atoms with Crippen LogP contribution in [0.2, 0.25) is 18.1 Å². The smallest absolute Gasteiger partial charge is 0.192 e. The maximum atomic E-state index is 6.19. The summed E-state index contributed by atoms with van der Waals surface area (Å²) in [5, 5.41) is 0.275. The van der Waals surface area contributed by atoms with Gasteiger partial charge >= 0.3 is 0 Å². The van der Waals surface area contributed by atoms with Gasteiger partial charge in [-0.3, -0.25) is 0 Å². The fourth-order valence-corrected chi connectivity index (χ4v) is 2.46. The third-order valence-electron chi connectivity index (χ3n) is 3.11. The molecule has 0 aliphatic rings. The van der Waals surface area contributed by atoms with Crippen LogP contribution in [0.5, 0.6) is 0 Å². The van der Waals surface area contributed by atoms with Crippen molar-refractivity contribution in [3.63, 3.8) is 0 Å². The van der Waals surface area contributed by atoms with Gasteiger partial charge in [0.05, 0.1) is 6.10 Å². The van der Waals surface area contributed by atoms with E-state index >= 15 is 0 Å². The average Bonchev–Trinajstić information content (AvgIpc) is 2.00. The lowest BCUT2D eigenvalue weighted by molar-refractivity contribution is 0.242. The first-order valence-electron chi connectivity index (χ1n) is 5.59. The Morgan fingerprint density at radius 1 is 1.33 bits per heavy atom. The average molecular weight is 226 g/mol. The monoisotopic (exact) mass is 226 g/mol. The van der Waals surface area contributed by atoms with Crippen molar-refractivity contribution in [1.82, 2.24) is 0 Å². The van der Waals surface area contributed by atoms with Gasteiger partial charge in [-0.25, -0.2) is 0 Å². The maximum Gasteiger partial charge on any atom is 0.192 e. The molecule has 88 valence electrons. The molecule has 2 heteroatoms. The zero-order valence-corrected chi connectivity index (χ0v) is 12.3. The van der Waals surface area contributed by atoms with E-state index in [2.05, 4.69) is 60.4 Å². The van der Waals surface area contributed by atoms with Gasteiger partial charge < -0.3 is 4.43 Å². The van der Waals surface area contributed by atoms with E-state index in [1.807, 2.05) is 6.08 Å². The second kappa shape index (κ2) is 5.13. The maximum absolute atomic E-state index is 6.19. The van der Waals surface area contributed by atoms with Crippen molar-refractivity contribution in [2.24, 2.45) is 0 Å². The predicted molar refractivity (Wildman–Crippen MR) is 71.7 cm³/mol. The van der Waals surface area contributed by atoms with Crippen molar-refractivity contribution >= 4 is 8.32 Å². The minimum absolute atomic E-state index is 0.184. The molecule has 0 fully saturated rings. The first-order chi connectivity index (χ1) is 6.60. The first-order valence-corrected chi connectivity index (χ1v) is 8.49. The predicted octanol–water partition coefficient (Wildman–Crippen LogP) is 4.53. The Hall–Kier alpha value is -0.343. The highest BCUT2D eigenvalue weighted by molar-refractivity contribution is 6.74. The number of hydrogen-bond acceptors (Lipinski definition) is 1. The lowest BCUT2D eigenvalue weighted by atomic mass is 10.2. The normalized spacial score (nSPS) is 16.3. The highest BCUT2D eigenvalue weighted by Gasteiger charge is 2.37. The molecule has 15 heavy (non-hydrogen) atoms. The second-order valence-corrected chi connectivity index (χ2v) is 10.5. The summed E-state index contributed by atoms with van der Waals surface area (Å²) in [6, 6.07) is 0. The van der Waals surface area contributed by atoms with Crippen molar-refractivity contribution in [2.45, 2.75) is 58.9 Å². The quantitative estimate of drug-likeness (QED) is 0.505. The van der Waals surface area contributed by atoms with Crippen LogP contribution < -0.4 is 0 Å². The summed E-state index contributed by atoms with van der Waals surface area (Å²) in [6.07, 6.45) is 4.18. The summed E-state index contributed by atoms with van der Waals surface area (Å²) in [4.78, 5) is 0. The van der Waals surface area contributed by atoms with E-state index in [4.69, 9.17) is 4.43 Å². The van der Waals surface area contributed by atoms with Crippen molar-refractivity contribution < 1.29 is 4.43 Å². The second-order valence-electron chi connectivity index (χ2n) is 5.70. The Labute approximate surface area is 96.4 Å². The van der Waals surface area contributed by atoms with E-state index < -0.39 is 8.32 Å². The van der Waals surface area contributed by atoms with Crippen LogP contribution in [0, 0.1) is 0 Å². The van der Waals surface area contributed by atoms with Crippen LogP contribution in [0.1, 0.15) is 34.6 Å². The molecule has 1 atom stereocenters. The lowest BCUT2D eigenvalue weighted by Gasteiger charge is -2.38. The molecule has 0 heterocycles. The molecule has 0 aromatic carbocycles. The Bertz CT molecular complexity index is 246. The number of rotatable bonds is 4. The van der Waals surface area contributed by atoms with E-state index in [0.717, 1.165) is 0 Å². The minimum Gasteiger partial charge on any atom is -0.411 e. The van der Waals surface area contributed by atoms with Gasteiger partial charge in [0.15, 0.2) is 8.32 Å². The van der Waals surface area contributed by atoms with Crippen LogP contribution in [-0.4, -0.2) is 14.4 Å². The molecule has 1 nitrogen and oxygen atoms in total. The van der Waals surface area contributed by atoms with Gasteiger partial charge in [-0.05, 0) is 32.0 Å². The standard InChI is InChI=1S/C13H26OSi/c1-9-11(2)10-12(3)14-15(7,8)13(4,5)6/h9-10,12H,1H2,2-8H3/b11-10+. The molecule has 0 radical (unpaired) electrons. The molecule has 0 N–H and O–H groups in total. The molecule has 0 amide bonds. The zero-order valence-electron chi connectivity index (χ0n) is 11.3. The Kier molecular flexibility index (Phi) is 5.01. The van der Waals surface area contributed by atoms with Crippen molar-refractivity contribution in [3.05, 3.63) is 24.3 Å². The summed E-state index contributed by atoms with van der Waals surface area (Å²) in [5.41, 5.74) is 1.18. The first kappa shape index (κ1) is 14.7. The Morgan fingerprint density at radius 2 is 1.80 bits per heavy atom. The fourth-order valence-electron chi connectivity index (χ4n) is 1.11. The van der Waals surface area contributed by atoms with Gasteiger partial charge in [-0.1, -0.05) is 45.1 Å². The van der Waals surface area contributed by atoms with Gasteiger partial charge in [0.1, 0.15) is 0 Å². The van der Waals surface area contributed by atoms with Crippen LogP contribution >= 0.6 is 0 Å². The highest BCUT2D eigenvalue weighted by atomic mass is 28.4. The number of allylic oxidation sites excluding steroid dienone is 2. The van der Waals surface area contributed by atoms with E-state index in [1.165, 1.54) is 5.57 Å². The van der Waals surface area contributed by atoms with Crippen molar-refractivity contribution in [3.8, 4) is 0 Å². The van der Waals surface area contributed by atoms with Crippen molar-refractivity contribution in [2.75, 3.05) is 0 Å². The van der Waals surface area contributed by atoms with Gasteiger partial charge in [0.2, 0.25) is 0 Å². The summed E-state index contributed by atoms with van der Waals surface area (Å²) in [6.45, 7) is 19.2. The Morgan fingerprint density at radius 3 is 2.13 bits per heavy atom. The van der Waals surface area contributed by atoms with Gasteiger partial charge in [-0.15, -0.1) is 0 Å². The van der Waals surface area contributed by atoms with E-state index in [9.17, 15) is 0 Å². The molecule has 0 bridgehead atoms. The summed E-state index contributed by atoms with van der Waals surface area (Å²) < 4.78 is 6.19. The molecule has 0 aliphatic heterocycles. The lowest BCUT2D eigenvalue weighted by Crippen LogP contribution is -2.42. The van der Waals surface area contributed by atoms with Crippen LogP contribution in [0.3, 0.4) is 0 Å². The van der Waals surface area contributed by atoms with Gasteiger partial charge in [0, 0.05) is 0 Å². The minimum atomic E-state index is -1.63. The van der Waals surface area contributed by atoms with Crippen LogP contribution in [0.4, 0.5) is 0 Å². The molecule has 0 aromatic heterocycles. The van der Waals surface area contributed by atoms with Crippen LogP contribution in [-0.2, 0) is 4.43 Å². The molecular formula is C13H26OSi. The SMILES string of the molecule is C=C/C(C)=C/C(C)O[Si](C)(C)C(C)(C)C. The zero-order chi connectivity index (χ0) is 12.3. The Balaban J connectivity index is 4.54. The topological polar surface area (TPSA) is 9.23 Å². The summed E-state index contributed by atoms with van der Waals surface area (Å²) >= 11 is 0. The molecular weight excluding hydrogens is 200 g/mol. The van der Waals surface area contributed by atoms with E-state index in [0.29, 0.717) is 0 Å². The molecule has 0 saturated carbocycles. The largest absolute Gasteiger partial charge is 0.411 e. The van der Waals surface area contributed by atoms with E-state index in [1.54, 1.807) is 0 Å². The number of hydrogen-bond donors (Lipinski definition) is 0. The van der Waals surface area contributed by atoms with Crippen molar-refractivity contribution in [1.29, 1.82) is 0 Å². The van der Waals surface area contributed by atoms with Crippen LogP contribution in [0.25, 0.3) is 0 Å². The highest BCUT2D eigenvalue weighted by Crippen LogP contribution is 2.37. The fraction of sp³-hybridized carbons (Fsp3) is 0.692. The van der Waals surface area contributed by atoms with Gasteiger partial charge in [0.25, 0.3) is 0 Å². The molecule has 0 aliphatic carbocycles. The molecule has 0 aromatic rings. The molecule has 0 rings (SSSR count). The van der Waals surface area contributed by atoms with Gasteiger partial charge in [-0.2, -0.15) is 0 Å². The van der Waals surface area contributed by atoms with E-state index in [-0.39, 0.29) is 11.1 Å². The summed E-state index contributed by atoms with van der Waals surface area (Å²) in [7, 11) is -1.63. The molecule has 1 unspecified atom stereocenters.